The lowest BCUT2D eigenvalue weighted by molar-refractivity contribution is 0.0669. The summed E-state index contributed by atoms with van der Waals surface area (Å²) in [5, 5.41) is 7.58. The Bertz CT molecular complexity index is 742. The first-order chi connectivity index (χ1) is 10.7. The van der Waals surface area contributed by atoms with Crippen LogP contribution in [0.5, 0.6) is 0 Å². The second-order valence-electron chi connectivity index (χ2n) is 6.13. The van der Waals surface area contributed by atoms with Gasteiger partial charge in [-0.2, -0.15) is 0 Å². The van der Waals surface area contributed by atoms with E-state index in [1.807, 2.05) is 17.2 Å². The zero-order chi connectivity index (χ0) is 15.2. The van der Waals surface area contributed by atoms with E-state index in [-0.39, 0.29) is 11.4 Å². The number of H-pyrrole nitrogens is 1. The molecule has 2 aromatic rings. The summed E-state index contributed by atoms with van der Waals surface area (Å²) in [6.07, 6.45) is 5.38. The van der Waals surface area contributed by atoms with E-state index in [9.17, 15) is 4.79 Å². The van der Waals surface area contributed by atoms with Crippen LogP contribution in [0.3, 0.4) is 0 Å². The molecule has 2 aromatic heterocycles. The Hall–Kier alpha value is -2.50. The third-order valence-electron chi connectivity index (χ3n) is 4.75. The number of rotatable bonds is 1. The molecule has 2 fully saturated rings. The Balaban J connectivity index is 1.53. The molecule has 0 atom stereocenters. The largest absolute Gasteiger partial charge is 0.370 e. The summed E-state index contributed by atoms with van der Waals surface area (Å²) in [6, 6.07) is 3.72. The van der Waals surface area contributed by atoms with Crippen molar-refractivity contribution in [1.82, 2.24) is 25.5 Å². The quantitative estimate of drug-likeness (QED) is 0.739. The molecular weight excluding hydrogens is 278 g/mol. The highest BCUT2D eigenvalue weighted by Gasteiger charge is 2.39. The van der Waals surface area contributed by atoms with Crippen LogP contribution in [0, 0.1) is 0 Å². The van der Waals surface area contributed by atoms with Crippen LogP contribution in [-0.2, 0) is 0 Å². The van der Waals surface area contributed by atoms with Crippen molar-refractivity contribution < 1.29 is 4.79 Å². The molecule has 3 N–H and O–H groups in total. The van der Waals surface area contributed by atoms with Gasteiger partial charge in [-0.1, -0.05) is 6.58 Å². The van der Waals surface area contributed by atoms with E-state index in [2.05, 4.69) is 27.2 Å². The molecule has 0 radical (unpaired) electrons. The van der Waals surface area contributed by atoms with Crippen LogP contribution >= 0.6 is 0 Å². The predicted molar refractivity (Wildman–Crippen MR) is 84.2 cm³/mol. The molecule has 0 bridgehead atoms. The van der Waals surface area contributed by atoms with E-state index in [0.29, 0.717) is 0 Å². The summed E-state index contributed by atoms with van der Waals surface area (Å²) >= 11 is 0. The minimum absolute atomic E-state index is 0.0650. The first kappa shape index (κ1) is 13.2. The van der Waals surface area contributed by atoms with Crippen molar-refractivity contribution in [2.75, 3.05) is 19.6 Å². The van der Waals surface area contributed by atoms with Gasteiger partial charge in [-0.05, 0) is 25.0 Å². The molecule has 0 aliphatic carbocycles. The molecule has 6 nitrogen and oxygen atoms in total. The average Bonchev–Trinajstić information content (AvgIpc) is 3.14. The van der Waals surface area contributed by atoms with Gasteiger partial charge in [0.2, 0.25) is 0 Å². The molecule has 0 unspecified atom stereocenters. The van der Waals surface area contributed by atoms with Crippen LogP contribution in [0.15, 0.2) is 36.9 Å². The number of nitrogens with zero attached hydrogens (tertiary/aromatic N) is 2. The zero-order valence-corrected chi connectivity index (χ0v) is 12.4. The third-order valence-corrected chi connectivity index (χ3v) is 4.75. The molecule has 1 amide bonds. The molecule has 1 spiro atoms. The summed E-state index contributed by atoms with van der Waals surface area (Å²) in [6.45, 7) is 6.33. The molecule has 4 heterocycles. The minimum Gasteiger partial charge on any atom is -0.370 e. The third kappa shape index (κ3) is 2.03. The number of nitrogens with one attached hydrogen (secondary N) is 3. The molecule has 2 saturated heterocycles. The number of likely N-dealkylation sites (tertiary alicyclic amines) is 1. The number of carbonyl (C=O) groups is 1. The fourth-order valence-electron chi connectivity index (χ4n) is 3.44. The first-order valence-electron chi connectivity index (χ1n) is 7.59. The Morgan fingerprint density at radius 3 is 2.86 bits per heavy atom. The topological polar surface area (TPSA) is 73.0 Å². The van der Waals surface area contributed by atoms with Gasteiger partial charge < -0.3 is 20.5 Å². The monoisotopic (exact) mass is 297 g/mol. The second-order valence-corrected chi connectivity index (χ2v) is 6.13. The van der Waals surface area contributed by atoms with Gasteiger partial charge in [-0.25, -0.2) is 4.98 Å². The molecule has 4 rings (SSSR count). The van der Waals surface area contributed by atoms with Crippen LogP contribution in [0.25, 0.3) is 11.0 Å². The maximum absolute atomic E-state index is 12.8. The average molecular weight is 297 g/mol. The SMILES string of the molecule is C=C1NCC2(CCN(C(=O)c3ccnc4[nH]ccc34)CC2)N1. The number of aromatic nitrogens is 2. The van der Waals surface area contributed by atoms with E-state index >= 15 is 0 Å². The molecule has 2 aliphatic rings. The number of aromatic amines is 1. The van der Waals surface area contributed by atoms with E-state index in [0.717, 1.165) is 54.9 Å². The zero-order valence-electron chi connectivity index (χ0n) is 12.4. The van der Waals surface area contributed by atoms with Gasteiger partial charge in [0.25, 0.3) is 5.91 Å². The van der Waals surface area contributed by atoms with Crippen molar-refractivity contribution in [3.63, 3.8) is 0 Å². The molecule has 6 heteroatoms. The molecule has 2 aliphatic heterocycles. The van der Waals surface area contributed by atoms with Gasteiger partial charge >= 0.3 is 0 Å². The van der Waals surface area contributed by atoms with Crippen molar-refractivity contribution in [2.45, 2.75) is 18.4 Å². The highest BCUT2D eigenvalue weighted by molar-refractivity contribution is 6.05. The van der Waals surface area contributed by atoms with Crippen LogP contribution in [0.2, 0.25) is 0 Å². The number of pyridine rings is 1. The molecule has 114 valence electrons. The number of hydrogen-bond acceptors (Lipinski definition) is 4. The lowest BCUT2D eigenvalue weighted by Gasteiger charge is -2.38. The van der Waals surface area contributed by atoms with Crippen LogP contribution < -0.4 is 10.6 Å². The predicted octanol–water partition coefficient (Wildman–Crippen LogP) is 1.20. The van der Waals surface area contributed by atoms with Gasteiger partial charge in [0.05, 0.1) is 16.9 Å². The van der Waals surface area contributed by atoms with Crippen LogP contribution in [0.4, 0.5) is 0 Å². The number of hydrogen-bond donors (Lipinski definition) is 3. The van der Waals surface area contributed by atoms with E-state index in [1.165, 1.54) is 0 Å². The summed E-state index contributed by atoms with van der Waals surface area (Å²) in [7, 11) is 0. The Morgan fingerprint density at radius 1 is 1.32 bits per heavy atom. The highest BCUT2D eigenvalue weighted by Crippen LogP contribution is 2.27. The standard InChI is InChI=1S/C16H19N5O/c1-11-19-10-16(20-11)4-8-21(9-5-16)15(22)13-3-7-18-14-12(13)2-6-17-14/h2-3,6-7,19-20H,1,4-5,8-10H2,(H,17,18). The van der Waals surface area contributed by atoms with Crippen molar-refractivity contribution in [1.29, 1.82) is 0 Å². The summed E-state index contributed by atoms with van der Waals surface area (Å²) in [5.74, 6) is 0.981. The fourth-order valence-corrected chi connectivity index (χ4v) is 3.44. The van der Waals surface area contributed by atoms with Crippen molar-refractivity contribution in [3.8, 4) is 0 Å². The normalized spacial score (nSPS) is 20.2. The Labute approximate surface area is 128 Å². The maximum Gasteiger partial charge on any atom is 0.254 e. The molecule has 0 saturated carbocycles. The first-order valence-corrected chi connectivity index (χ1v) is 7.59. The van der Waals surface area contributed by atoms with Gasteiger partial charge in [-0.15, -0.1) is 0 Å². The van der Waals surface area contributed by atoms with Gasteiger partial charge in [0.1, 0.15) is 5.65 Å². The minimum atomic E-state index is 0.0650. The number of piperidine rings is 1. The van der Waals surface area contributed by atoms with Crippen LogP contribution in [-0.4, -0.2) is 45.9 Å². The lowest BCUT2D eigenvalue weighted by Crippen LogP contribution is -2.53. The second kappa shape index (κ2) is 4.76. The smallest absolute Gasteiger partial charge is 0.254 e. The summed E-state index contributed by atoms with van der Waals surface area (Å²) < 4.78 is 0. The summed E-state index contributed by atoms with van der Waals surface area (Å²) in [4.78, 5) is 22.0. The number of fused-ring (bicyclic) bond motifs is 1. The highest BCUT2D eigenvalue weighted by atomic mass is 16.2. The number of carbonyl (C=O) groups excluding carboxylic acids is 1. The molecular formula is C16H19N5O. The van der Waals surface area contributed by atoms with E-state index in [1.54, 1.807) is 12.3 Å². The molecule has 22 heavy (non-hydrogen) atoms. The van der Waals surface area contributed by atoms with Crippen molar-refractivity contribution in [3.05, 3.63) is 42.5 Å². The van der Waals surface area contributed by atoms with Crippen LogP contribution in [0.1, 0.15) is 23.2 Å². The Morgan fingerprint density at radius 2 is 2.14 bits per heavy atom. The maximum atomic E-state index is 12.8. The van der Waals surface area contributed by atoms with Gasteiger partial charge in [0, 0.05) is 37.4 Å². The Kier molecular flexibility index (Phi) is 2.85. The van der Waals surface area contributed by atoms with Gasteiger partial charge in [0.15, 0.2) is 0 Å². The van der Waals surface area contributed by atoms with Crippen molar-refractivity contribution >= 4 is 16.9 Å². The molecule has 0 aromatic carbocycles. The number of amides is 1. The lowest BCUT2D eigenvalue weighted by atomic mass is 9.88. The van der Waals surface area contributed by atoms with Crippen molar-refractivity contribution in [2.24, 2.45) is 0 Å². The van der Waals surface area contributed by atoms with E-state index < -0.39 is 0 Å². The van der Waals surface area contributed by atoms with E-state index in [4.69, 9.17) is 0 Å². The fraction of sp³-hybridized carbons (Fsp3) is 0.375. The summed E-state index contributed by atoms with van der Waals surface area (Å²) in [5.41, 5.74) is 1.55. The van der Waals surface area contributed by atoms with Gasteiger partial charge in [-0.3, -0.25) is 4.79 Å².